The molecule has 3 rings (SSSR count). The summed E-state index contributed by atoms with van der Waals surface area (Å²) in [6.45, 7) is 4.90. The molecule has 1 aromatic carbocycles. The lowest BCUT2D eigenvalue weighted by Crippen LogP contribution is -2.35. The van der Waals surface area contributed by atoms with Gasteiger partial charge in [-0.2, -0.15) is 0 Å². The van der Waals surface area contributed by atoms with Gasteiger partial charge in [-0.05, 0) is 63.8 Å². The zero-order valence-electron chi connectivity index (χ0n) is 12.4. The number of aryl methyl sites for hydroxylation is 2. The van der Waals surface area contributed by atoms with E-state index in [0.29, 0.717) is 6.04 Å². The zero-order valence-corrected chi connectivity index (χ0v) is 12.4. The molecule has 0 amide bonds. The van der Waals surface area contributed by atoms with Crippen LogP contribution < -0.4 is 5.32 Å². The molecule has 0 aliphatic heterocycles. The van der Waals surface area contributed by atoms with Crippen molar-refractivity contribution in [3.63, 3.8) is 0 Å². The van der Waals surface area contributed by atoms with E-state index in [2.05, 4.69) is 35.4 Å². The van der Waals surface area contributed by atoms with Crippen molar-refractivity contribution >= 4 is 10.9 Å². The molecule has 20 heavy (non-hydrogen) atoms. The monoisotopic (exact) mass is 272 g/mol. The number of nitrogens with one attached hydrogen (secondary N) is 2. The molecule has 2 unspecified atom stereocenters. The predicted molar refractivity (Wildman–Crippen MR) is 83.1 cm³/mol. The highest BCUT2D eigenvalue weighted by molar-refractivity contribution is 5.85. The van der Waals surface area contributed by atoms with Gasteiger partial charge in [-0.15, -0.1) is 0 Å². The Balaban J connectivity index is 1.76. The molecule has 0 saturated carbocycles. The molecule has 3 N–H and O–H groups in total. The molecule has 0 saturated heterocycles. The highest BCUT2D eigenvalue weighted by atomic mass is 16.3. The number of hydrogen-bond donors (Lipinski definition) is 3. The second-order valence-electron chi connectivity index (χ2n) is 6.16. The van der Waals surface area contributed by atoms with Gasteiger partial charge in [-0.25, -0.2) is 0 Å². The molecule has 0 spiro atoms. The second kappa shape index (κ2) is 5.58. The van der Waals surface area contributed by atoms with Crippen LogP contribution in [0.3, 0.4) is 0 Å². The Kier molecular flexibility index (Phi) is 3.81. The molecule has 2 atom stereocenters. The van der Waals surface area contributed by atoms with Crippen LogP contribution >= 0.6 is 0 Å². The maximum Gasteiger partial charge on any atom is 0.0524 e. The van der Waals surface area contributed by atoms with Gasteiger partial charge in [0.05, 0.1) is 6.10 Å². The average molecular weight is 272 g/mol. The Morgan fingerprint density at radius 2 is 2.30 bits per heavy atom. The lowest BCUT2D eigenvalue weighted by Gasteiger charge is -2.24. The summed E-state index contributed by atoms with van der Waals surface area (Å²) in [5.41, 5.74) is 5.50. The van der Waals surface area contributed by atoms with E-state index in [1.54, 1.807) is 0 Å². The largest absolute Gasteiger partial charge is 0.393 e. The minimum absolute atomic E-state index is 0.211. The van der Waals surface area contributed by atoms with Crippen molar-refractivity contribution in [2.45, 2.75) is 51.7 Å². The van der Waals surface area contributed by atoms with E-state index in [0.717, 1.165) is 25.8 Å². The fourth-order valence-corrected chi connectivity index (χ4v) is 3.20. The summed E-state index contributed by atoms with van der Waals surface area (Å²) in [6.07, 6.45) is 4.01. The number of aliphatic hydroxyl groups is 1. The van der Waals surface area contributed by atoms with Crippen LogP contribution in [0.4, 0.5) is 0 Å². The van der Waals surface area contributed by atoms with Crippen molar-refractivity contribution in [2.24, 2.45) is 0 Å². The topological polar surface area (TPSA) is 48.0 Å². The van der Waals surface area contributed by atoms with Gasteiger partial charge in [-0.1, -0.05) is 11.6 Å². The summed E-state index contributed by atoms with van der Waals surface area (Å²) in [6, 6.07) is 7.20. The lowest BCUT2D eigenvalue weighted by atomic mass is 9.91. The third-order valence-electron chi connectivity index (χ3n) is 4.34. The van der Waals surface area contributed by atoms with Crippen LogP contribution in [0, 0.1) is 6.92 Å². The third kappa shape index (κ3) is 2.74. The van der Waals surface area contributed by atoms with E-state index in [1.165, 1.54) is 34.1 Å². The molecule has 1 aliphatic carbocycles. The van der Waals surface area contributed by atoms with Gasteiger partial charge in [0.25, 0.3) is 0 Å². The van der Waals surface area contributed by atoms with E-state index in [-0.39, 0.29) is 6.10 Å². The Hall–Kier alpha value is -1.32. The van der Waals surface area contributed by atoms with Crippen molar-refractivity contribution in [1.29, 1.82) is 0 Å². The third-order valence-corrected chi connectivity index (χ3v) is 4.34. The fourth-order valence-electron chi connectivity index (χ4n) is 3.20. The van der Waals surface area contributed by atoms with Gasteiger partial charge >= 0.3 is 0 Å². The normalized spacial score (nSPS) is 20.1. The SMILES string of the molecule is Cc1ccc2[nH]c3c(c2c1)CC(NCCC(C)O)CC3. The Labute approximate surface area is 120 Å². The standard InChI is InChI=1S/C17H24N2O/c1-11-3-5-16-14(9-11)15-10-13(4-6-17(15)19-16)18-8-7-12(2)20/h3,5,9,12-13,18-20H,4,6-8,10H2,1-2H3. The fraction of sp³-hybridized carbons (Fsp3) is 0.529. The zero-order chi connectivity index (χ0) is 14.1. The van der Waals surface area contributed by atoms with Crippen LogP contribution in [-0.4, -0.2) is 28.8 Å². The molecule has 3 nitrogen and oxygen atoms in total. The van der Waals surface area contributed by atoms with Crippen molar-refractivity contribution < 1.29 is 5.11 Å². The van der Waals surface area contributed by atoms with Crippen LogP contribution in [-0.2, 0) is 12.8 Å². The summed E-state index contributed by atoms with van der Waals surface area (Å²) in [4.78, 5) is 3.57. The predicted octanol–water partition coefficient (Wildman–Crippen LogP) is 2.69. The highest BCUT2D eigenvalue weighted by Crippen LogP contribution is 2.29. The number of fused-ring (bicyclic) bond motifs is 3. The van der Waals surface area contributed by atoms with Crippen LogP contribution in [0.2, 0.25) is 0 Å². The summed E-state index contributed by atoms with van der Waals surface area (Å²) in [5, 5.41) is 14.3. The molecule has 1 aromatic heterocycles. The number of benzene rings is 1. The molecule has 0 bridgehead atoms. The first-order valence-electron chi connectivity index (χ1n) is 7.65. The number of aliphatic hydroxyl groups excluding tert-OH is 1. The van der Waals surface area contributed by atoms with Crippen molar-refractivity contribution in [2.75, 3.05) is 6.54 Å². The summed E-state index contributed by atoms with van der Waals surface area (Å²) < 4.78 is 0. The first-order chi connectivity index (χ1) is 9.63. The first kappa shape index (κ1) is 13.7. The molecular weight excluding hydrogens is 248 g/mol. The quantitative estimate of drug-likeness (QED) is 0.801. The van der Waals surface area contributed by atoms with E-state index in [4.69, 9.17) is 0 Å². The second-order valence-corrected chi connectivity index (χ2v) is 6.16. The smallest absolute Gasteiger partial charge is 0.0524 e. The number of hydrogen-bond acceptors (Lipinski definition) is 2. The van der Waals surface area contributed by atoms with Gasteiger partial charge < -0.3 is 15.4 Å². The van der Waals surface area contributed by atoms with Crippen LogP contribution in [0.15, 0.2) is 18.2 Å². The summed E-state index contributed by atoms with van der Waals surface area (Å²) in [7, 11) is 0. The number of aromatic nitrogens is 1. The maximum absolute atomic E-state index is 9.33. The molecule has 1 aliphatic rings. The molecule has 3 heteroatoms. The lowest BCUT2D eigenvalue weighted by molar-refractivity contribution is 0.181. The van der Waals surface area contributed by atoms with Gasteiger partial charge in [0.2, 0.25) is 0 Å². The van der Waals surface area contributed by atoms with Crippen LogP contribution in [0.5, 0.6) is 0 Å². The Bertz CT molecular complexity index is 600. The maximum atomic E-state index is 9.33. The molecule has 2 aromatic rings. The van der Waals surface area contributed by atoms with E-state index < -0.39 is 0 Å². The Morgan fingerprint density at radius 1 is 1.45 bits per heavy atom. The van der Waals surface area contributed by atoms with Gasteiger partial charge in [-0.3, -0.25) is 0 Å². The summed E-state index contributed by atoms with van der Waals surface area (Å²) >= 11 is 0. The minimum atomic E-state index is -0.211. The van der Waals surface area contributed by atoms with E-state index in [1.807, 2.05) is 6.92 Å². The van der Waals surface area contributed by atoms with Gasteiger partial charge in [0, 0.05) is 22.6 Å². The highest BCUT2D eigenvalue weighted by Gasteiger charge is 2.22. The molecule has 108 valence electrons. The first-order valence-corrected chi connectivity index (χ1v) is 7.65. The van der Waals surface area contributed by atoms with Crippen molar-refractivity contribution in [3.05, 3.63) is 35.0 Å². The summed E-state index contributed by atoms with van der Waals surface area (Å²) in [5.74, 6) is 0. The van der Waals surface area contributed by atoms with Gasteiger partial charge in [0.15, 0.2) is 0 Å². The van der Waals surface area contributed by atoms with Crippen molar-refractivity contribution in [3.8, 4) is 0 Å². The van der Waals surface area contributed by atoms with Crippen molar-refractivity contribution in [1.82, 2.24) is 10.3 Å². The minimum Gasteiger partial charge on any atom is -0.393 e. The van der Waals surface area contributed by atoms with E-state index in [9.17, 15) is 5.11 Å². The number of H-pyrrole nitrogens is 1. The molecular formula is C17H24N2O. The van der Waals surface area contributed by atoms with E-state index >= 15 is 0 Å². The average Bonchev–Trinajstić information content (AvgIpc) is 2.76. The van der Waals surface area contributed by atoms with Gasteiger partial charge in [0.1, 0.15) is 0 Å². The molecule has 0 fully saturated rings. The number of rotatable bonds is 4. The molecule has 1 heterocycles. The number of aromatic amines is 1. The Morgan fingerprint density at radius 3 is 3.10 bits per heavy atom. The molecule has 0 radical (unpaired) electrons. The van der Waals surface area contributed by atoms with Crippen LogP contribution in [0.25, 0.3) is 10.9 Å². The van der Waals surface area contributed by atoms with Crippen LogP contribution in [0.1, 0.15) is 36.6 Å².